The largest absolute Gasteiger partial charge is 0.305 e. The molecule has 0 radical (unpaired) electrons. The Morgan fingerprint density at radius 3 is 2.79 bits per heavy atom. The highest BCUT2D eigenvalue weighted by atomic mass is 79.9. The highest BCUT2D eigenvalue weighted by Crippen LogP contribution is 2.13. The molecule has 5 heteroatoms. The summed E-state index contributed by atoms with van der Waals surface area (Å²) in [4.78, 5) is 4.32. The van der Waals surface area contributed by atoms with Crippen LogP contribution in [0.2, 0.25) is 0 Å². The van der Waals surface area contributed by atoms with E-state index < -0.39 is 0 Å². The molecule has 19 heavy (non-hydrogen) atoms. The number of benzene rings is 1. The zero-order valence-electron chi connectivity index (χ0n) is 11.5. The Balaban J connectivity index is 2.07. The van der Waals surface area contributed by atoms with Crippen LogP contribution in [-0.4, -0.2) is 20.3 Å². The summed E-state index contributed by atoms with van der Waals surface area (Å²) >= 11 is 3.48. The molecule has 0 unspecified atom stereocenters. The van der Waals surface area contributed by atoms with E-state index in [1.165, 1.54) is 5.56 Å². The minimum atomic E-state index is 0.0759. The highest BCUT2D eigenvalue weighted by molar-refractivity contribution is 9.10. The van der Waals surface area contributed by atoms with Crippen LogP contribution in [0.4, 0.5) is 0 Å². The number of halogens is 1. The van der Waals surface area contributed by atoms with Crippen molar-refractivity contribution in [1.29, 1.82) is 0 Å². The molecule has 0 spiro atoms. The summed E-state index contributed by atoms with van der Waals surface area (Å²) in [7, 11) is 0. The number of hydrogen-bond acceptors (Lipinski definition) is 3. The van der Waals surface area contributed by atoms with Crippen molar-refractivity contribution in [1.82, 2.24) is 20.1 Å². The topological polar surface area (TPSA) is 42.7 Å². The SMILES string of the molecule is CC(C)(C)NCc1ncnn1Cc1cccc(Br)c1. The van der Waals surface area contributed by atoms with E-state index in [2.05, 4.69) is 64.2 Å². The normalized spacial score (nSPS) is 11.8. The van der Waals surface area contributed by atoms with E-state index in [-0.39, 0.29) is 5.54 Å². The fourth-order valence-corrected chi connectivity index (χ4v) is 2.16. The first kappa shape index (κ1) is 14.2. The van der Waals surface area contributed by atoms with Gasteiger partial charge in [0.2, 0.25) is 0 Å². The quantitative estimate of drug-likeness (QED) is 0.941. The van der Waals surface area contributed by atoms with Gasteiger partial charge in [0.25, 0.3) is 0 Å². The fraction of sp³-hybridized carbons (Fsp3) is 0.429. The van der Waals surface area contributed by atoms with Gasteiger partial charge in [0.1, 0.15) is 12.2 Å². The fourth-order valence-electron chi connectivity index (χ4n) is 1.71. The van der Waals surface area contributed by atoms with Gasteiger partial charge in [-0.2, -0.15) is 5.10 Å². The summed E-state index contributed by atoms with van der Waals surface area (Å²) in [6, 6.07) is 8.24. The first-order chi connectivity index (χ1) is 8.94. The maximum Gasteiger partial charge on any atom is 0.141 e. The maximum atomic E-state index is 4.32. The summed E-state index contributed by atoms with van der Waals surface area (Å²) in [5.41, 5.74) is 1.28. The first-order valence-electron chi connectivity index (χ1n) is 6.30. The molecule has 0 amide bonds. The zero-order chi connectivity index (χ0) is 13.9. The van der Waals surface area contributed by atoms with Crippen LogP contribution < -0.4 is 5.32 Å². The smallest absolute Gasteiger partial charge is 0.141 e. The van der Waals surface area contributed by atoms with E-state index in [0.29, 0.717) is 0 Å². The second-order valence-corrected chi connectivity index (χ2v) is 6.48. The van der Waals surface area contributed by atoms with Gasteiger partial charge in [0.15, 0.2) is 0 Å². The lowest BCUT2D eigenvalue weighted by Gasteiger charge is -2.20. The molecule has 0 aliphatic carbocycles. The van der Waals surface area contributed by atoms with Gasteiger partial charge in [0.05, 0.1) is 13.1 Å². The summed E-state index contributed by atoms with van der Waals surface area (Å²) in [5, 5.41) is 7.72. The number of aromatic nitrogens is 3. The van der Waals surface area contributed by atoms with Gasteiger partial charge < -0.3 is 5.32 Å². The zero-order valence-corrected chi connectivity index (χ0v) is 13.1. The predicted octanol–water partition coefficient (Wildman–Crippen LogP) is 2.98. The van der Waals surface area contributed by atoms with Crippen LogP contribution in [0.1, 0.15) is 32.2 Å². The van der Waals surface area contributed by atoms with Gasteiger partial charge in [0, 0.05) is 10.0 Å². The van der Waals surface area contributed by atoms with E-state index in [9.17, 15) is 0 Å². The summed E-state index contributed by atoms with van der Waals surface area (Å²) in [6.45, 7) is 7.88. The third kappa shape index (κ3) is 4.44. The minimum Gasteiger partial charge on any atom is -0.305 e. The monoisotopic (exact) mass is 322 g/mol. The molecule has 0 bridgehead atoms. The Labute approximate surface area is 122 Å². The molecule has 4 nitrogen and oxygen atoms in total. The van der Waals surface area contributed by atoms with Crippen molar-refractivity contribution in [2.45, 2.75) is 39.4 Å². The molecule has 1 aromatic carbocycles. The summed E-state index contributed by atoms with van der Waals surface area (Å²) < 4.78 is 3.01. The summed E-state index contributed by atoms with van der Waals surface area (Å²) in [5.74, 6) is 0.954. The standard InChI is InChI=1S/C14H19BrN4/c1-14(2,3)17-8-13-16-10-18-19(13)9-11-5-4-6-12(15)7-11/h4-7,10,17H,8-9H2,1-3H3. The van der Waals surface area contributed by atoms with Crippen molar-refractivity contribution in [2.24, 2.45) is 0 Å². The van der Waals surface area contributed by atoms with Gasteiger partial charge in [-0.25, -0.2) is 9.67 Å². The minimum absolute atomic E-state index is 0.0759. The second kappa shape index (κ2) is 5.84. The highest BCUT2D eigenvalue weighted by Gasteiger charge is 2.11. The van der Waals surface area contributed by atoms with E-state index in [4.69, 9.17) is 0 Å². The predicted molar refractivity (Wildman–Crippen MR) is 79.9 cm³/mol. The van der Waals surface area contributed by atoms with Crippen LogP contribution >= 0.6 is 15.9 Å². The molecule has 102 valence electrons. The van der Waals surface area contributed by atoms with Crippen LogP contribution in [0.15, 0.2) is 35.1 Å². The maximum absolute atomic E-state index is 4.32. The Kier molecular flexibility index (Phi) is 4.37. The Morgan fingerprint density at radius 1 is 1.32 bits per heavy atom. The molecule has 0 fully saturated rings. The average Bonchev–Trinajstić information content (AvgIpc) is 2.73. The molecule has 0 aliphatic rings. The number of nitrogens with one attached hydrogen (secondary N) is 1. The van der Waals surface area contributed by atoms with Crippen LogP contribution in [0.5, 0.6) is 0 Å². The van der Waals surface area contributed by atoms with E-state index in [0.717, 1.165) is 23.4 Å². The van der Waals surface area contributed by atoms with Crippen LogP contribution in [-0.2, 0) is 13.1 Å². The average molecular weight is 323 g/mol. The molecular formula is C14H19BrN4. The van der Waals surface area contributed by atoms with Crippen molar-refractivity contribution in [3.8, 4) is 0 Å². The van der Waals surface area contributed by atoms with Crippen LogP contribution in [0.25, 0.3) is 0 Å². The lowest BCUT2D eigenvalue weighted by Crippen LogP contribution is -2.36. The van der Waals surface area contributed by atoms with Crippen LogP contribution in [0, 0.1) is 0 Å². The molecule has 2 rings (SSSR count). The van der Waals surface area contributed by atoms with Crippen molar-refractivity contribution in [2.75, 3.05) is 0 Å². The first-order valence-corrected chi connectivity index (χ1v) is 7.09. The van der Waals surface area contributed by atoms with Gasteiger partial charge >= 0.3 is 0 Å². The second-order valence-electron chi connectivity index (χ2n) is 5.57. The van der Waals surface area contributed by atoms with Crippen molar-refractivity contribution >= 4 is 15.9 Å². The lowest BCUT2D eigenvalue weighted by atomic mass is 10.1. The molecule has 0 aliphatic heterocycles. The molecule has 1 aromatic heterocycles. The van der Waals surface area contributed by atoms with E-state index in [1.807, 2.05) is 16.8 Å². The molecule has 0 saturated carbocycles. The Bertz CT molecular complexity index is 542. The third-order valence-corrected chi connectivity index (χ3v) is 3.19. The molecule has 2 aromatic rings. The van der Waals surface area contributed by atoms with E-state index in [1.54, 1.807) is 6.33 Å². The molecule has 0 saturated heterocycles. The third-order valence-electron chi connectivity index (χ3n) is 2.69. The van der Waals surface area contributed by atoms with Gasteiger partial charge in [-0.15, -0.1) is 0 Å². The Morgan fingerprint density at radius 2 is 2.11 bits per heavy atom. The molecule has 1 N–H and O–H groups in total. The van der Waals surface area contributed by atoms with Crippen LogP contribution in [0.3, 0.4) is 0 Å². The molecule has 1 heterocycles. The van der Waals surface area contributed by atoms with Gasteiger partial charge in [-0.05, 0) is 38.5 Å². The number of nitrogens with zero attached hydrogens (tertiary/aromatic N) is 3. The van der Waals surface area contributed by atoms with Crippen molar-refractivity contribution < 1.29 is 0 Å². The summed E-state index contributed by atoms with van der Waals surface area (Å²) in [6.07, 6.45) is 1.61. The van der Waals surface area contributed by atoms with Gasteiger partial charge in [-0.1, -0.05) is 28.1 Å². The van der Waals surface area contributed by atoms with Crippen molar-refractivity contribution in [3.05, 3.63) is 46.5 Å². The number of hydrogen-bond donors (Lipinski definition) is 1. The lowest BCUT2D eigenvalue weighted by molar-refractivity contribution is 0.410. The van der Waals surface area contributed by atoms with Crippen molar-refractivity contribution in [3.63, 3.8) is 0 Å². The van der Waals surface area contributed by atoms with E-state index >= 15 is 0 Å². The molecule has 0 atom stereocenters. The number of rotatable bonds is 4. The Hall–Kier alpha value is -1.20. The molecular weight excluding hydrogens is 304 g/mol. The van der Waals surface area contributed by atoms with Gasteiger partial charge in [-0.3, -0.25) is 0 Å².